The van der Waals surface area contributed by atoms with Crippen LogP contribution in [-0.4, -0.2) is 58.3 Å². The lowest BCUT2D eigenvalue weighted by molar-refractivity contribution is -0.150. The van der Waals surface area contributed by atoms with Gasteiger partial charge in [0, 0.05) is 0 Å². The van der Waals surface area contributed by atoms with Gasteiger partial charge in [-0.1, -0.05) is 32.9 Å². The zero-order valence-electron chi connectivity index (χ0n) is 17.8. The lowest BCUT2D eigenvalue weighted by Crippen LogP contribution is -2.54. The minimum Gasteiger partial charge on any atom is -0.442 e. The second-order valence-corrected chi connectivity index (χ2v) is 9.49. The molecule has 1 aliphatic carbocycles. The molecule has 9 heteroatoms. The molecule has 1 spiro atoms. The van der Waals surface area contributed by atoms with Gasteiger partial charge in [-0.2, -0.15) is 0 Å². The van der Waals surface area contributed by atoms with Gasteiger partial charge in [0.2, 0.25) is 0 Å². The molecule has 2 heterocycles. The number of benzene rings is 1. The van der Waals surface area contributed by atoms with E-state index in [2.05, 4.69) is 19.2 Å². The third kappa shape index (κ3) is 3.58. The molecule has 5 amide bonds. The first kappa shape index (κ1) is 21.0. The smallest absolute Gasteiger partial charge is 0.328 e. The van der Waals surface area contributed by atoms with Crippen molar-refractivity contribution < 1.29 is 28.7 Å². The first-order valence-corrected chi connectivity index (χ1v) is 10.3. The molecule has 2 atom stereocenters. The average molecular weight is 427 g/mol. The summed E-state index contributed by atoms with van der Waals surface area (Å²) in [4.78, 5) is 64.3. The molecule has 1 saturated heterocycles. The largest absolute Gasteiger partial charge is 0.442 e. The number of ether oxygens (including phenoxy) is 1. The number of hydrogen-bond donors (Lipinski definition) is 1. The molecular weight excluding hydrogens is 402 g/mol. The topological polar surface area (TPSA) is 113 Å². The monoisotopic (exact) mass is 427 g/mol. The van der Waals surface area contributed by atoms with Crippen molar-refractivity contribution in [1.29, 1.82) is 0 Å². The first-order valence-electron chi connectivity index (χ1n) is 10.3. The Hall–Kier alpha value is -3.23. The number of fused-ring (bicyclic) bond motifs is 1. The minimum absolute atomic E-state index is 0.122. The normalized spacial score (nSPS) is 27.0. The number of nitrogens with one attached hydrogen (secondary N) is 1. The molecule has 9 nitrogen and oxygen atoms in total. The van der Waals surface area contributed by atoms with Crippen molar-refractivity contribution in [2.75, 3.05) is 13.3 Å². The van der Waals surface area contributed by atoms with Crippen molar-refractivity contribution in [2.24, 2.45) is 11.3 Å². The number of amides is 5. The van der Waals surface area contributed by atoms with Crippen LogP contribution in [0, 0.1) is 11.3 Å². The van der Waals surface area contributed by atoms with Crippen molar-refractivity contribution in [3.63, 3.8) is 0 Å². The molecular formula is C22H25N3O6. The zero-order chi connectivity index (χ0) is 22.6. The summed E-state index contributed by atoms with van der Waals surface area (Å²) in [5.41, 5.74) is -0.647. The predicted molar refractivity (Wildman–Crippen MR) is 108 cm³/mol. The van der Waals surface area contributed by atoms with Crippen molar-refractivity contribution in [3.05, 3.63) is 35.4 Å². The Balaban J connectivity index is 1.39. The molecule has 0 aromatic heterocycles. The summed E-state index contributed by atoms with van der Waals surface area (Å²) >= 11 is 0. The van der Waals surface area contributed by atoms with E-state index >= 15 is 0 Å². The van der Waals surface area contributed by atoms with Gasteiger partial charge >= 0.3 is 12.0 Å². The van der Waals surface area contributed by atoms with Crippen LogP contribution >= 0.6 is 0 Å². The van der Waals surface area contributed by atoms with Gasteiger partial charge in [-0.05, 0) is 42.7 Å². The maximum atomic E-state index is 13.1. The Labute approximate surface area is 179 Å². The Morgan fingerprint density at radius 2 is 1.68 bits per heavy atom. The Morgan fingerprint density at radius 1 is 1.06 bits per heavy atom. The van der Waals surface area contributed by atoms with E-state index in [1.807, 2.05) is 6.92 Å². The zero-order valence-corrected chi connectivity index (χ0v) is 17.8. The second-order valence-electron chi connectivity index (χ2n) is 9.49. The van der Waals surface area contributed by atoms with Crippen LogP contribution in [-0.2, 0) is 14.3 Å². The van der Waals surface area contributed by atoms with Crippen molar-refractivity contribution in [3.8, 4) is 0 Å². The average Bonchev–Trinajstić information content (AvgIpc) is 3.04. The third-order valence-corrected chi connectivity index (χ3v) is 6.14. The minimum atomic E-state index is -1.01. The summed E-state index contributed by atoms with van der Waals surface area (Å²) in [6.07, 6.45) is 1.96. The summed E-state index contributed by atoms with van der Waals surface area (Å²) in [7, 11) is 0. The summed E-state index contributed by atoms with van der Waals surface area (Å²) in [6.45, 7) is 5.00. The van der Waals surface area contributed by atoms with Crippen LogP contribution in [0.15, 0.2) is 24.3 Å². The Morgan fingerprint density at radius 3 is 2.26 bits per heavy atom. The number of nitrogens with zero attached hydrogens (tertiary/aromatic N) is 2. The standard InChI is InChI=1S/C22H25N3O6/c1-13-8-21(2,3)11-22(9-13)19(29)24(20(30)23-22)10-16(26)31-12-25-17(27)14-6-4-5-7-15(14)18(25)28/h4-7,13H,8-12H2,1-3H3,(H,23,30)/t13-,22+/m1/s1. The number of carbonyl (C=O) groups excluding carboxylic acids is 5. The highest BCUT2D eigenvalue weighted by atomic mass is 16.5. The van der Waals surface area contributed by atoms with Gasteiger partial charge in [0.15, 0.2) is 6.73 Å². The number of carbonyl (C=O) groups is 5. The van der Waals surface area contributed by atoms with Gasteiger partial charge in [-0.3, -0.25) is 24.1 Å². The lowest BCUT2D eigenvalue weighted by Gasteiger charge is -2.43. The van der Waals surface area contributed by atoms with Gasteiger partial charge in [-0.25, -0.2) is 9.69 Å². The van der Waals surface area contributed by atoms with Gasteiger partial charge < -0.3 is 10.1 Å². The molecule has 2 aliphatic heterocycles. The van der Waals surface area contributed by atoms with Crippen LogP contribution in [0.3, 0.4) is 0 Å². The maximum Gasteiger partial charge on any atom is 0.328 e. The van der Waals surface area contributed by atoms with Crippen LogP contribution in [0.1, 0.15) is 60.7 Å². The lowest BCUT2D eigenvalue weighted by atomic mass is 9.64. The fraction of sp³-hybridized carbons (Fsp3) is 0.500. The Bertz CT molecular complexity index is 968. The van der Waals surface area contributed by atoms with E-state index in [9.17, 15) is 24.0 Å². The second kappa shape index (κ2) is 7.18. The highest BCUT2D eigenvalue weighted by molar-refractivity contribution is 6.21. The number of imide groups is 2. The van der Waals surface area contributed by atoms with E-state index in [-0.39, 0.29) is 22.5 Å². The van der Waals surface area contributed by atoms with Crippen molar-refractivity contribution in [2.45, 2.75) is 45.6 Å². The molecule has 31 heavy (non-hydrogen) atoms. The van der Waals surface area contributed by atoms with Crippen LogP contribution in [0.5, 0.6) is 0 Å². The molecule has 4 rings (SSSR count). The molecule has 1 aromatic carbocycles. The SMILES string of the molecule is C[C@@H]1CC(C)(C)C[C@]2(C1)NC(=O)N(CC(=O)OCN1C(=O)c3ccccc3C1=O)C2=O. The van der Waals surface area contributed by atoms with E-state index in [0.29, 0.717) is 12.8 Å². The van der Waals surface area contributed by atoms with Crippen molar-refractivity contribution in [1.82, 2.24) is 15.1 Å². The van der Waals surface area contributed by atoms with Gasteiger partial charge in [0.05, 0.1) is 11.1 Å². The molecule has 0 unspecified atom stereocenters. The highest BCUT2D eigenvalue weighted by Gasteiger charge is 2.56. The van der Waals surface area contributed by atoms with Gasteiger partial charge in [0.25, 0.3) is 17.7 Å². The number of hydrogen-bond acceptors (Lipinski definition) is 6. The van der Waals surface area contributed by atoms with Crippen LogP contribution in [0.2, 0.25) is 0 Å². The summed E-state index contributed by atoms with van der Waals surface area (Å²) in [6, 6.07) is 5.70. The molecule has 3 aliphatic rings. The third-order valence-electron chi connectivity index (χ3n) is 6.14. The molecule has 164 valence electrons. The van der Waals surface area contributed by atoms with E-state index in [4.69, 9.17) is 4.74 Å². The fourth-order valence-electron chi connectivity index (χ4n) is 5.32. The molecule has 2 fully saturated rings. The van der Waals surface area contributed by atoms with E-state index in [0.717, 1.165) is 16.2 Å². The van der Waals surface area contributed by atoms with Crippen LogP contribution < -0.4 is 5.32 Å². The maximum absolute atomic E-state index is 13.1. The van der Waals surface area contributed by atoms with Gasteiger partial charge in [0.1, 0.15) is 12.1 Å². The molecule has 1 N–H and O–H groups in total. The number of esters is 1. The van der Waals surface area contributed by atoms with E-state index in [1.54, 1.807) is 12.1 Å². The van der Waals surface area contributed by atoms with Crippen LogP contribution in [0.25, 0.3) is 0 Å². The quantitative estimate of drug-likeness (QED) is 0.446. The van der Waals surface area contributed by atoms with Crippen molar-refractivity contribution >= 4 is 29.7 Å². The summed E-state index contributed by atoms with van der Waals surface area (Å²) in [5.74, 6) is -2.18. The Kier molecular flexibility index (Phi) is 4.87. The summed E-state index contributed by atoms with van der Waals surface area (Å²) < 4.78 is 5.07. The molecule has 1 aromatic rings. The number of urea groups is 1. The fourth-order valence-corrected chi connectivity index (χ4v) is 5.32. The predicted octanol–water partition coefficient (Wildman–Crippen LogP) is 1.92. The first-order chi connectivity index (χ1) is 14.5. The van der Waals surface area contributed by atoms with Gasteiger partial charge in [-0.15, -0.1) is 0 Å². The van der Waals surface area contributed by atoms with Crippen LogP contribution in [0.4, 0.5) is 4.79 Å². The highest BCUT2D eigenvalue weighted by Crippen LogP contribution is 2.46. The molecule has 0 bridgehead atoms. The van der Waals surface area contributed by atoms with E-state index in [1.165, 1.54) is 12.1 Å². The summed E-state index contributed by atoms with van der Waals surface area (Å²) in [5, 5.41) is 2.79. The molecule has 0 radical (unpaired) electrons. The number of rotatable bonds is 4. The van der Waals surface area contributed by atoms with E-state index < -0.39 is 48.5 Å². The molecule has 1 saturated carbocycles.